The van der Waals surface area contributed by atoms with E-state index in [1.807, 2.05) is 12.5 Å². The van der Waals surface area contributed by atoms with E-state index in [4.69, 9.17) is 0 Å². The van der Waals surface area contributed by atoms with Crippen LogP contribution >= 0.6 is 0 Å². The van der Waals surface area contributed by atoms with E-state index in [1.165, 1.54) is 5.69 Å². The molecule has 0 saturated heterocycles. The minimum atomic E-state index is -0.0421. The zero-order valence-corrected chi connectivity index (χ0v) is 10.1. The van der Waals surface area contributed by atoms with E-state index in [9.17, 15) is 5.11 Å². The van der Waals surface area contributed by atoms with Gasteiger partial charge in [0.2, 0.25) is 0 Å². The third-order valence-corrected chi connectivity index (χ3v) is 3.35. The summed E-state index contributed by atoms with van der Waals surface area (Å²) in [5.41, 5.74) is 1.27. The highest BCUT2D eigenvalue weighted by Crippen LogP contribution is 2.27. The number of aliphatic hydroxyl groups is 1. The molecule has 1 fully saturated rings. The van der Waals surface area contributed by atoms with Crippen molar-refractivity contribution in [2.24, 2.45) is 5.92 Å². The average Bonchev–Trinajstić information content (AvgIpc) is 2.62. The van der Waals surface area contributed by atoms with Crippen LogP contribution in [0.3, 0.4) is 0 Å². The second-order valence-corrected chi connectivity index (χ2v) is 4.86. The van der Waals surface area contributed by atoms with E-state index in [0.717, 1.165) is 32.5 Å². The first-order valence-electron chi connectivity index (χ1n) is 6.04. The predicted molar refractivity (Wildman–Crippen MR) is 63.0 cm³/mol. The maximum absolute atomic E-state index is 9.24. The van der Waals surface area contributed by atoms with Crippen molar-refractivity contribution in [2.45, 2.75) is 39.0 Å². The number of rotatable bonds is 5. The summed E-state index contributed by atoms with van der Waals surface area (Å²) >= 11 is 0. The molecule has 0 spiro atoms. The minimum absolute atomic E-state index is 0.0421. The van der Waals surface area contributed by atoms with Crippen molar-refractivity contribution in [1.82, 2.24) is 14.5 Å². The number of imidazole rings is 1. The van der Waals surface area contributed by atoms with Gasteiger partial charge >= 0.3 is 0 Å². The third-order valence-electron chi connectivity index (χ3n) is 3.35. The van der Waals surface area contributed by atoms with Gasteiger partial charge in [-0.3, -0.25) is 0 Å². The van der Waals surface area contributed by atoms with E-state index in [-0.39, 0.29) is 6.10 Å². The van der Waals surface area contributed by atoms with Gasteiger partial charge < -0.3 is 14.6 Å². The summed E-state index contributed by atoms with van der Waals surface area (Å²) in [6.07, 6.45) is 5.72. The molecule has 2 rings (SSSR count). The zero-order chi connectivity index (χ0) is 11.5. The molecular weight excluding hydrogens is 202 g/mol. The number of aryl methyl sites for hydroxylation is 1. The van der Waals surface area contributed by atoms with Gasteiger partial charge in [0, 0.05) is 25.8 Å². The van der Waals surface area contributed by atoms with Crippen LogP contribution in [0.5, 0.6) is 0 Å². The number of nitrogens with zero attached hydrogens (tertiary/aromatic N) is 3. The molecule has 0 aromatic carbocycles. The number of aliphatic hydroxyl groups excluding tert-OH is 1. The Labute approximate surface area is 96.9 Å². The van der Waals surface area contributed by atoms with Gasteiger partial charge in [0.25, 0.3) is 0 Å². The van der Waals surface area contributed by atoms with E-state index in [0.29, 0.717) is 5.92 Å². The summed E-state index contributed by atoms with van der Waals surface area (Å²) in [5, 5.41) is 9.24. The van der Waals surface area contributed by atoms with Crippen LogP contribution in [0.15, 0.2) is 12.5 Å². The molecule has 0 bridgehead atoms. The lowest BCUT2D eigenvalue weighted by molar-refractivity contribution is 0.0271. The van der Waals surface area contributed by atoms with Crippen molar-refractivity contribution in [3.05, 3.63) is 18.2 Å². The standard InChI is InChI=1S/C12H21N3O/c1-3-15-9-13-6-11(15)8-14(2)7-10-4-12(16)5-10/h6,9-10,12,16H,3-5,7-8H2,1-2H3. The van der Waals surface area contributed by atoms with Gasteiger partial charge in [0.15, 0.2) is 0 Å². The van der Waals surface area contributed by atoms with Crippen LogP contribution in [0, 0.1) is 5.92 Å². The Balaban J connectivity index is 1.80. The first-order chi connectivity index (χ1) is 7.69. The van der Waals surface area contributed by atoms with Gasteiger partial charge in [0.1, 0.15) is 0 Å². The third kappa shape index (κ3) is 2.62. The normalized spacial score (nSPS) is 24.8. The largest absolute Gasteiger partial charge is 0.393 e. The summed E-state index contributed by atoms with van der Waals surface area (Å²) in [6, 6.07) is 0. The van der Waals surface area contributed by atoms with E-state index in [1.54, 1.807) is 0 Å². The van der Waals surface area contributed by atoms with Crippen LogP contribution in [0.1, 0.15) is 25.5 Å². The van der Waals surface area contributed by atoms with Gasteiger partial charge in [-0.25, -0.2) is 4.98 Å². The summed E-state index contributed by atoms with van der Waals surface area (Å²) in [5.74, 6) is 0.679. The van der Waals surface area contributed by atoms with Crippen LogP contribution in [-0.4, -0.2) is 39.3 Å². The molecule has 0 atom stereocenters. The van der Waals surface area contributed by atoms with Crippen molar-refractivity contribution in [3.8, 4) is 0 Å². The quantitative estimate of drug-likeness (QED) is 0.813. The van der Waals surface area contributed by atoms with E-state index < -0.39 is 0 Å². The fourth-order valence-electron chi connectivity index (χ4n) is 2.40. The highest BCUT2D eigenvalue weighted by Gasteiger charge is 2.27. The van der Waals surface area contributed by atoms with Crippen LogP contribution < -0.4 is 0 Å². The number of aromatic nitrogens is 2. The van der Waals surface area contributed by atoms with Crippen molar-refractivity contribution in [1.29, 1.82) is 0 Å². The molecule has 0 amide bonds. The number of hydrogen-bond acceptors (Lipinski definition) is 3. The zero-order valence-electron chi connectivity index (χ0n) is 10.1. The van der Waals surface area contributed by atoms with Crippen LogP contribution in [0.2, 0.25) is 0 Å². The van der Waals surface area contributed by atoms with Gasteiger partial charge in [-0.05, 0) is 32.7 Å². The smallest absolute Gasteiger partial charge is 0.0948 e. The molecule has 4 nitrogen and oxygen atoms in total. The Hall–Kier alpha value is -0.870. The van der Waals surface area contributed by atoms with E-state index >= 15 is 0 Å². The molecule has 1 N–H and O–H groups in total. The molecule has 16 heavy (non-hydrogen) atoms. The van der Waals surface area contributed by atoms with Crippen LogP contribution in [0.4, 0.5) is 0 Å². The predicted octanol–water partition coefficient (Wildman–Crippen LogP) is 1.11. The molecule has 0 radical (unpaired) electrons. The highest BCUT2D eigenvalue weighted by atomic mass is 16.3. The maximum atomic E-state index is 9.24. The molecule has 4 heteroatoms. The first kappa shape index (κ1) is 11.6. The molecule has 0 unspecified atom stereocenters. The second kappa shape index (κ2) is 4.97. The SMILES string of the molecule is CCn1cncc1CN(C)CC1CC(O)C1. The highest BCUT2D eigenvalue weighted by molar-refractivity contribution is 4.98. The molecule has 1 heterocycles. The Morgan fingerprint density at radius 2 is 2.31 bits per heavy atom. The molecule has 90 valence electrons. The molecule has 1 aliphatic rings. The monoisotopic (exact) mass is 223 g/mol. The Morgan fingerprint density at radius 1 is 1.56 bits per heavy atom. The van der Waals surface area contributed by atoms with E-state index in [2.05, 4.69) is 28.4 Å². The van der Waals surface area contributed by atoms with Crippen LogP contribution in [0.25, 0.3) is 0 Å². The Kier molecular flexibility index (Phi) is 3.61. The number of hydrogen-bond donors (Lipinski definition) is 1. The fraction of sp³-hybridized carbons (Fsp3) is 0.750. The fourth-order valence-corrected chi connectivity index (χ4v) is 2.40. The van der Waals surface area contributed by atoms with Crippen LogP contribution in [-0.2, 0) is 13.1 Å². The van der Waals surface area contributed by atoms with Gasteiger partial charge in [-0.1, -0.05) is 0 Å². The molecule has 1 saturated carbocycles. The second-order valence-electron chi connectivity index (χ2n) is 4.86. The lowest BCUT2D eigenvalue weighted by Crippen LogP contribution is -2.37. The minimum Gasteiger partial charge on any atom is -0.393 e. The van der Waals surface area contributed by atoms with Crippen molar-refractivity contribution in [2.75, 3.05) is 13.6 Å². The van der Waals surface area contributed by atoms with Gasteiger partial charge in [-0.2, -0.15) is 0 Å². The molecule has 1 aromatic heterocycles. The molecular formula is C12H21N3O. The molecule has 1 aliphatic carbocycles. The topological polar surface area (TPSA) is 41.3 Å². The lowest BCUT2D eigenvalue weighted by Gasteiger charge is -2.34. The summed E-state index contributed by atoms with van der Waals surface area (Å²) in [7, 11) is 2.14. The Bertz CT molecular complexity index is 331. The van der Waals surface area contributed by atoms with Crippen molar-refractivity contribution < 1.29 is 5.11 Å². The first-order valence-corrected chi connectivity index (χ1v) is 6.04. The maximum Gasteiger partial charge on any atom is 0.0948 e. The van der Waals surface area contributed by atoms with Gasteiger partial charge in [0.05, 0.1) is 18.1 Å². The average molecular weight is 223 g/mol. The Morgan fingerprint density at radius 3 is 2.94 bits per heavy atom. The molecule has 0 aliphatic heterocycles. The van der Waals surface area contributed by atoms with Gasteiger partial charge in [-0.15, -0.1) is 0 Å². The summed E-state index contributed by atoms with van der Waals surface area (Å²) in [4.78, 5) is 6.49. The summed E-state index contributed by atoms with van der Waals surface area (Å²) < 4.78 is 2.17. The summed E-state index contributed by atoms with van der Waals surface area (Å²) in [6.45, 7) is 5.13. The lowest BCUT2D eigenvalue weighted by atomic mass is 9.82. The van der Waals surface area contributed by atoms with Crippen molar-refractivity contribution in [3.63, 3.8) is 0 Å². The van der Waals surface area contributed by atoms with Crippen molar-refractivity contribution >= 4 is 0 Å². The molecule has 1 aromatic rings.